The lowest BCUT2D eigenvalue weighted by molar-refractivity contribution is -0.160. The summed E-state index contributed by atoms with van der Waals surface area (Å²) in [5.74, 6) is -4.25. The van der Waals surface area contributed by atoms with Crippen LogP contribution in [-0.4, -0.2) is 39.7 Å². The Kier molecular flexibility index (Phi) is 8.32. The molecule has 0 bridgehead atoms. The number of aliphatic carboxylic acids is 1. The average Bonchev–Trinajstić information content (AvgIpc) is 2.76. The maximum absolute atomic E-state index is 14.7. The van der Waals surface area contributed by atoms with Crippen LogP contribution in [0, 0.1) is 18.3 Å². The Morgan fingerprint density at radius 1 is 1.14 bits per heavy atom. The van der Waals surface area contributed by atoms with Gasteiger partial charge in [0.1, 0.15) is 0 Å². The highest BCUT2D eigenvalue weighted by molar-refractivity contribution is 5.85. The summed E-state index contributed by atoms with van der Waals surface area (Å²) < 4.78 is 35.5. The fourth-order valence-electron chi connectivity index (χ4n) is 4.77. The van der Waals surface area contributed by atoms with Crippen molar-refractivity contribution in [2.75, 3.05) is 18.0 Å². The van der Waals surface area contributed by atoms with E-state index in [4.69, 9.17) is 4.74 Å². The predicted octanol–water partition coefficient (Wildman–Crippen LogP) is 7.16. The van der Waals surface area contributed by atoms with E-state index in [9.17, 15) is 18.7 Å². The summed E-state index contributed by atoms with van der Waals surface area (Å²) in [5, 5.41) is 10.2. The summed E-state index contributed by atoms with van der Waals surface area (Å²) >= 11 is 0. The van der Waals surface area contributed by atoms with E-state index in [-0.39, 0.29) is 23.3 Å². The molecule has 2 aromatic rings. The Morgan fingerprint density at radius 3 is 2.24 bits per heavy atom. The Morgan fingerprint density at radius 2 is 1.76 bits per heavy atom. The molecule has 1 N–H and O–H groups in total. The summed E-state index contributed by atoms with van der Waals surface area (Å²) in [5.41, 5.74) is 2.15. The quantitative estimate of drug-likeness (QED) is 0.400. The SMILES string of the molecule is Cc1ncc(-c2ccc(C(F)(F)CC(C)C)cn2)c(N2CCC(C)(C)CC2)c1[C@H](OC(C)(C)C)C(=O)O. The molecule has 1 fully saturated rings. The van der Waals surface area contributed by atoms with Crippen molar-refractivity contribution in [2.45, 2.75) is 92.3 Å². The van der Waals surface area contributed by atoms with E-state index in [0.717, 1.165) is 25.9 Å². The highest BCUT2D eigenvalue weighted by Crippen LogP contribution is 2.43. The van der Waals surface area contributed by atoms with Gasteiger partial charge in [0.25, 0.3) is 5.92 Å². The number of hydrogen-bond acceptors (Lipinski definition) is 5. The maximum atomic E-state index is 14.7. The Bertz CT molecular complexity index is 1100. The van der Waals surface area contributed by atoms with Crippen molar-refractivity contribution in [1.82, 2.24) is 9.97 Å². The van der Waals surface area contributed by atoms with E-state index in [2.05, 4.69) is 28.7 Å². The first-order chi connectivity index (χ1) is 17.0. The molecule has 6 nitrogen and oxygen atoms in total. The summed E-state index contributed by atoms with van der Waals surface area (Å²) in [6.07, 6.45) is 3.24. The molecular formula is C29H41F2N3O3. The molecule has 0 spiro atoms. The normalized spacial score (nSPS) is 17.2. The summed E-state index contributed by atoms with van der Waals surface area (Å²) in [7, 11) is 0. The number of anilines is 1. The van der Waals surface area contributed by atoms with Crippen LogP contribution in [0.25, 0.3) is 11.3 Å². The van der Waals surface area contributed by atoms with E-state index >= 15 is 0 Å². The van der Waals surface area contributed by atoms with E-state index in [1.54, 1.807) is 33.0 Å². The third-order valence-electron chi connectivity index (χ3n) is 6.80. The van der Waals surface area contributed by atoms with Gasteiger partial charge in [0.2, 0.25) is 0 Å². The second-order valence-electron chi connectivity index (χ2n) is 12.4. The molecule has 1 aliphatic heterocycles. The first-order valence-electron chi connectivity index (χ1n) is 13.0. The minimum atomic E-state index is -2.98. The van der Waals surface area contributed by atoms with Gasteiger partial charge in [-0.3, -0.25) is 9.97 Å². The lowest BCUT2D eigenvalue weighted by Gasteiger charge is -2.40. The van der Waals surface area contributed by atoms with Gasteiger partial charge in [-0.1, -0.05) is 27.7 Å². The van der Waals surface area contributed by atoms with Crippen LogP contribution in [0.5, 0.6) is 0 Å². The average molecular weight is 518 g/mol. The lowest BCUT2D eigenvalue weighted by Crippen LogP contribution is -2.39. The molecule has 8 heteroatoms. The number of carboxylic acid groups (broad SMARTS) is 1. The van der Waals surface area contributed by atoms with E-state index < -0.39 is 23.6 Å². The van der Waals surface area contributed by atoms with Gasteiger partial charge in [-0.25, -0.2) is 13.6 Å². The maximum Gasteiger partial charge on any atom is 0.337 e. The smallest absolute Gasteiger partial charge is 0.337 e. The number of hydrogen-bond donors (Lipinski definition) is 1. The van der Waals surface area contributed by atoms with Gasteiger partial charge in [-0.2, -0.15) is 0 Å². The molecule has 37 heavy (non-hydrogen) atoms. The van der Waals surface area contributed by atoms with Crippen LogP contribution >= 0.6 is 0 Å². The zero-order chi connectivity index (χ0) is 27.8. The van der Waals surface area contributed by atoms with Crippen LogP contribution in [0.15, 0.2) is 24.5 Å². The molecule has 0 amide bonds. The highest BCUT2D eigenvalue weighted by atomic mass is 19.3. The molecule has 204 valence electrons. The van der Waals surface area contributed by atoms with Gasteiger partial charge in [-0.15, -0.1) is 0 Å². The van der Waals surface area contributed by atoms with Gasteiger partial charge < -0.3 is 14.7 Å². The fourth-order valence-corrected chi connectivity index (χ4v) is 4.77. The van der Waals surface area contributed by atoms with Gasteiger partial charge in [-0.05, 0) is 64.0 Å². The number of nitrogens with zero attached hydrogens (tertiary/aromatic N) is 3. The number of pyridine rings is 2. The highest BCUT2D eigenvalue weighted by Gasteiger charge is 2.37. The second-order valence-corrected chi connectivity index (χ2v) is 12.4. The second kappa shape index (κ2) is 10.6. The molecule has 1 saturated heterocycles. The fraction of sp³-hybridized carbons (Fsp3) is 0.621. The van der Waals surface area contributed by atoms with Crippen LogP contribution in [0.1, 0.15) is 90.7 Å². The molecule has 3 heterocycles. The minimum Gasteiger partial charge on any atom is -0.479 e. The van der Waals surface area contributed by atoms with Crippen LogP contribution in [-0.2, 0) is 15.5 Å². The standard InChI is InChI=1S/C29H41F2N3O3/c1-18(2)15-29(30,31)20-9-10-22(33-16-20)21-17-32-19(3)23(25(26(35)36)37-27(4,5)6)24(21)34-13-11-28(7,8)12-14-34/h9-10,16-18,25H,11-15H2,1-8H3,(H,35,36)/t25-/m0/s1. The zero-order valence-electron chi connectivity index (χ0n) is 23.4. The first-order valence-corrected chi connectivity index (χ1v) is 13.0. The van der Waals surface area contributed by atoms with E-state index in [1.165, 1.54) is 12.3 Å². The third-order valence-corrected chi connectivity index (χ3v) is 6.80. The van der Waals surface area contributed by atoms with Crippen molar-refractivity contribution in [3.05, 3.63) is 41.3 Å². The number of aromatic nitrogens is 2. The molecule has 0 aliphatic carbocycles. The lowest BCUT2D eigenvalue weighted by atomic mass is 9.82. The molecule has 3 rings (SSSR count). The molecule has 0 aromatic carbocycles. The van der Waals surface area contributed by atoms with Gasteiger partial charge in [0.05, 0.1) is 17.0 Å². The summed E-state index contributed by atoms with van der Waals surface area (Å²) in [4.78, 5) is 23.6. The number of halogens is 2. The zero-order valence-corrected chi connectivity index (χ0v) is 23.4. The Labute approximate surface area is 219 Å². The van der Waals surface area contributed by atoms with Crippen molar-refractivity contribution in [2.24, 2.45) is 11.3 Å². The monoisotopic (exact) mass is 517 g/mol. The van der Waals surface area contributed by atoms with Gasteiger partial charge in [0.15, 0.2) is 6.10 Å². The van der Waals surface area contributed by atoms with Crippen molar-refractivity contribution in [3.8, 4) is 11.3 Å². The molecule has 0 unspecified atom stereocenters. The number of alkyl halides is 2. The Balaban J connectivity index is 2.18. The predicted molar refractivity (Wildman–Crippen MR) is 142 cm³/mol. The summed E-state index contributed by atoms with van der Waals surface area (Å²) in [6.45, 7) is 16.7. The Hall–Kier alpha value is -2.61. The topological polar surface area (TPSA) is 75.5 Å². The van der Waals surface area contributed by atoms with Crippen LogP contribution in [0.2, 0.25) is 0 Å². The van der Waals surface area contributed by atoms with Crippen molar-refractivity contribution in [1.29, 1.82) is 0 Å². The number of carbonyl (C=O) groups is 1. The van der Waals surface area contributed by atoms with Crippen molar-refractivity contribution < 1.29 is 23.4 Å². The molecule has 0 radical (unpaired) electrons. The van der Waals surface area contributed by atoms with Crippen LogP contribution in [0.4, 0.5) is 14.5 Å². The number of rotatable bonds is 8. The van der Waals surface area contributed by atoms with Crippen molar-refractivity contribution >= 4 is 11.7 Å². The molecule has 1 aliphatic rings. The molecule has 0 saturated carbocycles. The van der Waals surface area contributed by atoms with Crippen LogP contribution in [0.3, 0.4) is 0 Å². The van der Waals surface area contributed by atoms with Crippen LogP contribution < -0.4 is 4.90 Å². The number of aryl methyl sites for hydroxylation is 1. The van der Waals surface area contributed by atoms with E-state index in [1.807, 2.05) is 20.8 Å². The first kappa shape index (κ1) is 29.0. The molecular weight excluding hydrogens is 476 g/mol. The third kappa shape index (κ3) is 7.03. The minimum absolute atomic E-state index is 0.133. The van der Waals surface area contributed by atoms with Gasteiger partial charge >= 0.3 is 5.97 Å². The van der Waals surface area contributed by atoms with E-state index in [0.29, 0.717) is 28.2 Å². The number of ether oxygens (including phenoxy) is 1. The number of carboxylic acids is 1. The molecule has 2 aromatic heterocycles. The van der Waals surface area contributed by atoms with Gasteiger partial charge in [0, 0.05) is 54.3 Å². The summed E-state index contributed by atoms with van der Waals surface area (Å²) in [6, 6.07) is 2.99. The number of piperidine rings is 1. The largest absolute Gasteiger partial charge is 0.479 e. The van der Waals surface area contributed by atoms with Crippen molar-refractivity contribution in [3.63, 3.8) is 0 Å². The molecule has 1 atom stereocenters.